The molecule has 0 aliphatic heterocycles. The van der Waals surface area contributed by atoms with Crippen molar-refractivity contribution in [1.82, 2.24) is 9.61 Å². The number of rotatable bonds is 1. The minimum atomic E-state index is -1.05. The van der Waals surface area contributed by atoms with Gasteiger partial charge >= 0.3 is 5.97 Å². The van der Waals surface area contributed by atoms with Crippen LogP contribution >= 0.6 is 0 Å². The number of aromatic carboxylic acids is 1. The first-order valence-corrected chi connectivity index (χ1v) is 3.78. The molecule has 0 bridgehead atoms. The summed E-state index contributed by atoms with van der Waals surface area (Å²) in [6.45, 7) is 3.63. The summed E-state index contributed by atoms with van der Waals surface area (Å²) in [5, 5.41) is 12.5. The topological polar surface area (TPSA) is 67.7 Å². The second kappa shape index (κ2) is 2.35. The van der Waals surface area contributed by atoms with E-state index in [0.29, 0.717) is 5.71 Å². The Morgan fingerprint density at radius 2 is 2.31 bits per heavy atom. The average Bonchev–Trinajstić information content (AvgIpc) is 2.55. The highest BCUT2D eigenvalue weighted by Crippen LogP contribution is 2.15. The van der Waals surface area contributed by atoms with Crippen molar-refractivity contribution in [1.29, 1.82) is 0 Å². The van der Waals surface area contributed by atoms with Crippen molar-refractivity contribution in [2.45, 2.75) is 13.8 Å². The summed E-state index contributed by atoms with van der Waals surface area (Å²) < 4.78 is 6.75. The van der Waals surface area contributed by atoms with E-state index in [1.807, 2.05) is 13.8 Å². The van der Waals surface area contributed by atoms with E-state index in [4.69, 9.17) is 9.52 Å². The fourth-order valence-electron chi connectivity index (χ4n) is 1.16. The van der Waals surface area contributed by atoms with E-state index in [1.54, 1.807) is 0 Å². The van der Waals surface area contributed by atoms with Gasteiger partial charge in [0.05, 0.1) is 5.69 Å². The number of carbonyl (C=O) groups is 1. The predicted octanol–water partition coefficient (Wildman–Crippen LogP) is 1.24. The van der Waals surface area contributed by atoms with Gasteiger partial charge in [0, 0.05) is 6.07 Å². The third-order valence-electron chi connectivity index (χ3n) is 1.98. The van der Waals surface area contributed by atoms with Gasteiger partial charge in [-0.3, -0.25) is 0 Å². The lowest BCUT2D eigenvalue weighted by Crippen LogP contribution is -1.98. The molecule has 0 saturated carbocycles. The molecule has 0 aliphatic carbocycles. The summed E-state index contributed by atoms with van der Waals surface area (Å²) in [6.07, 6.45) is 0. The van der Waals surface area contributed by atoms with E-state index in [2.05, 4.69) is 5.10 Å². The van der Waals surface area contributed by atoms with Crippen LogP contribution in [0.5, 0.6) is 0 Å². The number of aryl methyl sites for hydroxylation is 2. The summed E-state index contributed by atoms with van der Waals surface area (Å²) in [5.41, 5.74) is 1.29. The minimum Gasteiger partial charge on any atom is -0.476 e. The molecule has 13 heavy (non-hydrogen) atoms. The van der Waals surface area contributed by atoms with Gasteiger partial charge in [-0.05, 0) is 13.8 Å². The number of carboxylic acids is 1. The Hall–Kier alpha value is -1.78. The van der Waals surface area contributed by atoms with Crippen molar-refractivity contribution in [3.8, 4) is 0 Å². The molecule has 0 unspecified atom stereocenters. The van der Waals surface area contributed by atoms with Crippen molar-refractivity contribution in [2.24, 2.45) is 0 Å². The Bertz CT molecular complexity index is 481. The van der Waals surface area contributed by atoms with Gasteiger partial charge in [0.25, 0.3) is 0 Å². The third-order valence-corrected chi connectivity index (χ3v) is 1.98. The number of oxazole rings is 1. The summed E-state index contributed by atoms with van der Waals surface area (Å²) in [6, 6.07) is 1.41. The quantitative estimate of drug-likeness (QED) is 0.716. The Labute approximate surface area is 73.6 Å². The van der Waals surface area contributed by atoms with Gasteiger partial charge in [0.2, 0.25) is 5.71 Å². The molecule has 5 heteroatoms. The summed E-state index contributed by atoms with van der Waals surface area (Å²) in [7, 11) is 0. The molecule has 2 rings (SSSR count). The monoisotopic (exact) mass is 180 g/mol. The van der Waals surface area contributed by atoms with E-state index >= 15 is 0 Å². The summed E-state index contributed by atoms with van der Waals surface area (Å²) in [5.74, 6) is -0.296. The zero-order valence-corrected chi connectivity index (χ0v) is 7.24. The van der Waals surface area contributed by atoms with Crippen LogP contribution in [-0.2, 0) is 0 Å². The zero-order chi connectivity index (χ0) is 9.59. The fraction of sp³-hybridized carbons (Fsp3) is 0.250. The van der Waals surface area contributed by atoms with Gasteiger partial charge in [0.15, 0.2) is 5.69 Å². The van der Waals surface area contributed by atoms with E-state index in [-0.39, 0.29) is 5.69 Å². The number of hydrogen-bond donors (Lipinski definition) is 1. The van der Waals surface area contributed by atoms with Gasteiger partial charge in [-0.25, -0.2) is 9.31 Å². The number of aromatic nitrogens is 2. The molecular weight excluding hydrogens is 172 g/mol. The number of nitrogens with zero attached hydrogens (tertiary/aromatic N) is 2. The van der Waals surface area contributed by atoms with Crippen molar-refractivity contribution in [3.63, 3.8) is 0 Å². The Kier molecular flexibility index (Phi) is 1.42. The molecular formula is C8H8N2O3. The minimum absolute atomic E-state index is 0.00171. The summed E-state index contributed by atoms with van der Waals surface area (Å²) >= 11 is 0. The molecule has 2 aromatic heterocycles. The maximum absolute atomic E-state index is 10.5. The molecule has 0 aromatic carbocycles. The molecule has 0 atom stereocenters. The molecule has 68 valence electrons. The van der Waals surface area contributed by atoms with Gasteiger partial charge in [-0.2, -0.15) is 5.10 Å². The molecule has 2 heterocycles. The Morgan fingerprint density at radius 3 is 2.85 bits per heavy atom. The van der Waals surface area contributed by atoms with Crippen molar-refractivity contribution in [3.05, 3.63) is 23.2 Å². The van der Waals surface area contributed by atoms with Crippen LogP contribution in [0.25, 0.3) is 5.71 Å². The van der Waals surface area contributed by atoms with Gasteiger partial charge in [0.1, 0.15) is 5.76 Å². The lowest BCUT2D eigenvalue weighted by atomic mass is 10.4. The second-order valence-electron chi connectivity index (χ2n) is 2.83. The van der Waals surface area contributed by atoms with Gasteiger partial charge < -0.3 is 9.52 Å². The second-order valence-corrected chi connectivity index (χ2v) is 2.83. The standard InChI is InChI=1S/C8H8N2O3/c1-4-5(2)13-7-3-6(8(11)12)9-10(4)7/h3H,1-2H3,(H,11,12). The Balaban J connectivity index is 2.72. The SMILES string of the molecule is Cc1oc2cc(C(=O)O)nn2c1C. The highest BCUT2D eigenvalue weighted by molar-refractivity contribution is 5.86. The Morgan fingerprint density at radius 1 is 1.62 bits per heavy atom. The van der Waals surface area contributed by atoms with Crippen LogP contribution in [0.2, 0.25) is 0 Å². The smallest absolute Gasteiger partial charge is 0.356 e. The van der Waals surface area contributed by atoms with Crippen LogP contribution in [0.3, 0.4) is 0 Å². The number of hydrogen-bond acceptors (Lipinski definition) is 3. The van der Waals surface area contributed by atoms with Crippen LogP contribution in [0.1, 0.15) is 21.9 Å². The van der Waals surface area contributed by atoms with E-state index in [9.17, 15) is 4.79 Å². The molecule has 5 nitrogen and oxygen atoms in total. The van der Waals surface area contributed by atoms with Crippen LogP contribution in [0.15, 0.2) is 10.5 Å². The fourth-order valence-corrected chi connectivity index (χ4v) is 1.16. The van der Waals surface area contributed by atoms with Crippen LogP contribution in [-0.4, -0.2) is 20.7 Å². The maximum atomic E-state index is 10.5. The third kappa shape index (κ3) is 1.00. The van der Waals surface area contributed by atoms with E-state index in [1.165, 1.54) is 10.6 Å². The first-order chi connectivity index (χ1) is 6.09. The van der Waals surface area contributed by atoms with Crippen LogP contribution < -0.4 is 0 Å². The first kappa shape index (κ1) is 7.85. The predicted molar refractivity (Wildman–Crippen MR) is 43.9 cm³/mol. The highest BCUT2D eigenvalue weighted by atomic mass is 16.4. The van der Waals surface area contributed by atoms with Gasteiger partial charge in [-0.15, -0.1) is 0 Å². The average molecular weight is 180 g/mol. The van der Waals surface area contributed by atoms with Crippen LogP contribution in [0, 0.1) is 13.8 Å². The maximum Gasteiger partial charge on any atom is 0.356 e. The van der Waals surface area contributed by atoms with Crippen LogP contribution in [0.4, 0.5) is 0 Å². The molecule has 0 amide bonds. The van der Waals surface area contributed by atoms with Gasteiger partial charge in [-0.1, -0.05) is 0 Å². The van der Waals surface area contributed by atoms with Crippen molar-refractivity contribution >= 4 is 11.7 Å². The molecule has 0 radical (unpaired) electrons. The molecule has 0 saturated heterocycles. The molecule has 1 N–H and O–H groups in total. The zero-order valence-electron chi connectivity index (χ0n) is 7.24. The van der Waals surface area contributed by atoms with Crippen molar-refractivity contribution in [2.75, 3.05) is 0 Å². The normalized spacial score (nSPS) is 10.9. The van der Waals surface area contributed by atoms with E-state index < -0.39 is 5.97 Å². The largest absolute Gasteiger partial charge is 0.476 e. The molecule has 0 aliphatic rings. The molecule has 2 aromatic rings. The molecule has 0 spiro atoms. The lowest BCUT2D eigenvalue weighted by Gasteiger charge is -1.86. The number of fused-ring (bicyclic) bond motifs is 1. The van der Waals surface area contributed by atoms with E-state index in [0.717, 1.165) is 11.5 Å². The summed E-state index contributed by atoms with van der Waals surface area (Å²) in [4.78, 5) is 10.5. The van der Waals surface area contributed by atoms with Crippen molar-refractivity contribution < 1.29 is 14.3 Å². The first-order valence-electron chi connectivity index (χ1n) is 3.78. The number of carboxylic acid groups (broad SMARTS) is 1. The highest BCUT2D eigenvalue weighted by Gasteiger charge is 2.14. The lowest BCUT2D eigenvalue weighted by molar-refractivity contribution is 0.0690. The molecule has 0 fully saturated rings.